The largest absolute Gasteiger partial charge is 0.497 e. The number of anilines is 2. The van der Waals surface area contributed by atoms with Gasteiger partial charge in [0.15, 0.2) is 0 Å². The molecule has 0 saturated heterocycles. The smallest absolute Gasteiger partial charge is 0.341 e. The second kappa shape index (κ2) is 9.40. The van der Waals surface area contributed by atoms with Gasteiger partial charge in [0.05, 0.1) is 24.7 Å². The first-order valence-corrected chi connectivity index (χ1v) is 9.89. The van der Waals surface area contributed by atoms with Gasteiger partial charge in [0.25, 0.3) is 11.8 Å². The number of amides is 2. The molecule has 1 aromatic heterocycles. The summed E-state index contributed by atoms with van der Waals surface area (Å²) in [7, 11) is 2.72. The fraction of sp³-hybridized carbons (Fsp3) is 0.136. The number of halogens is 1. The van der Waals surface area contributed by atoms with Gasteiger partial charge in [-0.15, -0.1) is 11.3 Å². The summed E-state index contributed by atoms with van der Waals surface area (Å²) in [6.45, 7) is 1.58. The third kappa shape index (κ3) is 4.89. The number of nitrogens with one attached hydrogen (secondary N) is 2. The van der Waals surface area contributed by atoms with Crippen molar-refractivity contribution in [3.63, 3.8) is 0 Å². The molecule has 0 aliphatic rings. The number of benzene rings is 2. The van der Waals surface area contributed by atoms with Crippen LogP contribution in [0.4, 0.5) is 15.1 Å². The molecule has 2 aromatic carbocycles. The van der Waals surface area contributed by atoms with E-state index in [1.807, 2.05) is 0 Å². The van der Waals surface area contributed by atoms with Crippen molar-refractivity contribution in [2.45, 2.75) is 6.92 Å². The van der Waals surface area contributed by atoms with Crippen LogP contribution in [0.25, 0.3) is 0 Å². The van der Waals surface area contributed by atoms with E-state index >= 15 is 0 Å². The van der Waals surface area contributed by atoms with Crippen molar-refractivity contribution in [2.75, 3.05) is 24.9 Å². The standard InChI is InChI=1S/C22H19FN2O5S/c1-12-17(22(28)30-3)21(25-19(26)13-6-4-7-14(23)10-13)31-18(12)20(27)24-15-8-5-9-16(11-15)29-2/h4-11H,1-3H3,(H,24,27)(H,25,26). The molecule has 3 rings (SSSR count). The fourth-order valence-corrected chi connectivity index (χ4v) is 3.94. The van der Waals surface area contributed by atoms with E-state index in [9.17, 15) is 18.8 Å². The third-order valence-corrected chi connectivity index (χ3v) is 5.59. The summed E-state index contributed by atoms with van der Waals surface area (Å²) in [6.07, 6.45) is 0. The van der Waals surface area contributed by atoms with Crippen LogP contribution >= 0.6 is 11.3 Å². The molecule has 0 aliphatic heterocycles. The molecule has 31 heavy (non-hydrogen) atoms. The van der Waals surface area contributed by atoms with Crippen molar-refractivity contribution in [2.24, 2.45) is 0 Å². The van der Waals surface area contributed by atoms with Crippen molar-refractivity contribution in [1.29, 1.82) is 0 Å². The monoisotopic (exact) mass is 442 g/mol. The second-order valence-corrected chi connectivity index (χ2v) is 7.42. The summed E-state index contributed by atoms with van der Waals surface area (Å²) < 4.78 is 23.4. The Morgan fingerprint density at radius 2 is 1.71 bits per heavy atom. The minimum Gasteiger partial charge on any atom is -0.497 e. The normalized spacial score (nSPS) is 10.3. The Kier molecular flexibility index (Phi) is 6.66. The maximum absolute atomic E-state index is 13.5. The highest BCUT2D eigenvalue weighted by molar-refractivity contribution is 7.19. The van der Waals surface area contributed by atoms with Crippen molar-refractivity contribution >= 4 is 39.8 Å². The number of carbonyl (C=O) groups is 3. The maximum Gasteiger partial charge on any atom is 0.341 e. The van der Waals surface area contributed by atoms with E-state index in [-0.39, 0.29) is 21.0 Å². The van der Waals surface area contributed by atoms with E-state index in [1.165, 1.54) is 32.4 Å². The summed E-state index contributed by atoms with van der Waals surface area (Å²) in [6, 6.07) is 11.9. The Bertz CT molecular complexity index is 1160. The van der Waals surface area contributed by atoms with Gasteiger partial charge in [0.2, 0.25) is 0 Å². The third-order valence-electron chi connectivity index (χ3n) is 4.38. The fourth-order valence-electron chi connectivity index (χ4n) is 2.86. The summed E-state index contributed by atoms with van der Waals surface area (Å²) in [5.41, 5.74) is 0.992. The zero-order chi connectivity index (χ0) is 22.5. The van der Waals surface area contributed by atoms with Gasteiger partial charge < -0.3 is 20.1 Å². The predicted molar refractivity (Wildman–Crippen MR) is 116 cm³/mol. The molecule has 0 radical (unpaired) electrons. The van der Waals surface area contributed by atoms with Gasteiger partial charge in [-0.05, 0) is 42.8 Å². The van der Waals surface area contributed by atoms with Crippen molar-refractivity contribution < 1.29 is 28.2 Å². The van der Waals surface area contributed by atoms with Crippen LogP contribution in [0.15, 0.2) is 48.5 Å². The molecule has 160 valence electrons. The summed E-state index contributed by atoms with van der Waals surface area (Å²) >= 11 is 0.925. The molecule has 9 heteroatoms. The molecule has 0 spiro atoms. The van der Waals surface area contributed by atoms with Crippen LogP contribution < -0.4 is 15.4 Å². The molecule has 2 amide bonds. The number of thiophene rings is 1. The molecular formula is C22H19FN2O5S. The quantitative estimate of drug-likeness (QED) is 0.549. The first-order valence-electron chi connectivity index (χ1n) is 9.08. The summed E-state index contributed by atoms with van der Waals surface area (Å²) in [5.74, 6) is -1.79. The molecule has 7 nitrogen and oxygen atoms in total. The van der Waals surface area contributed by atoms with E-state index in [4.69, 9.17) is 9.47 Å². The van der Waals surface area contributed by atoms with Gasteiger partial charge in [-0.2, -0.15) is 0 Å². The molecule has 0 bridgehead atoms. The Labute approximate surface area is 181 Å². The molecule has 0 fully saturated rings. The number of hydrogen-bond donors (Lipinski definition) is 2. The van der Waals surface area contributed by atoms with Gasteiger partial charge in [-0.1, -0.05) is 12.1 Å². The topological polar surface area (TPSA) is 93.7 Å². The number of hydrogen-bond acceptors (Lipinski definition) is 6. The van der Waals surface area contributed by atoms with Crippen LogP contribution in [-0.4, -0.2) is 32.0 Å². The van der Waals surface area contributed by atoms with E-state index < -0.39 is 23.6 Å². The van der Waals surface area contributed by atoms with Gasteiger partial charge in [0.1, 0.15) is 16.6 Å². The van der Waals surface area contributed by atoms with Gasteiger partial charge in [0, 0.05) is 17.3 Å². The Balaban J connectivity index is 1.93. The van der Waals surface area contributed by atoms with E-state index in [0.717, 1.165) is 17.4 Å². The van der Waals surface area contributed by atoms with Crippen LogP contribution in [0.1, 0.15) is 36.0 Å². The minimum absolute atomic E-state index is 0.0630. The first-order chi connectivity index (χ1) is 14.8. The van der Waals surface area contributed by atoms with Crippen LogP contribution in [0, 0.1) is 12.7 Å². The van der Waals surface area contributed by atoms with Crippen LogP contribution in [0.3, 0.4) is 0 Å². The lowest BCUT2D eigenvalue weighted by atomic mass is 10.1. The highest BCUT2D eigenvalue weighted by atomic mass is 32.1. The molecule has 3 aromatic rings. The number of carbonyl (C=O) groups excluding carboxylic acids is 3. The average molecular weight is 442 g/mol. The lowest BCUT2D eigenvalue weighted by molar-refractivity contribution is 0.0601. The molecule has 0 saturated carbocycles. The predicted octanol–water partition coefficient (Wildman–Crippen LogP) is 4.50. The van der Waals surface area contributed by atoms with Gasteiger partial charge in [-0.25, -0.2) is 9.18 Å². The van der Waals surface area contributed by atoms with E-state index in [2.05, 4.69) is 10.6 Å². The first kappa shape index (κ1) is 22.0. The Morgan fingerprint density at radius 3 is 2.39 bits per heavy atom. The lowest BCUT2D eigenvalue weighted by Gasteiger charge is -2.06. The maximum atomic E-state index is 13.5. The van der Waals surface area contributed by atoms with Crippen LogP contribution in [-0.2, 0) is 4.74 Å². The van der Waals surface area contributed by atoms with Gasteiger partial charge >= 0.3 is 5.97 Å². The SMILES string of the molecule is COC(=O)c1c(NC(=O)c2cccc(F)c2)sc(C(=O)Nc2cccc(OC)c2)c1C. The van der Waals surface area contributed by atoms with E-state index in [0.29, 0.717) is 17.0 Å². The molecule has 2 N–H and O–H groups in total. The summed E-state index contributed by atoms with van der Waals surface area (Å²) in [4.78, 5) is 37.9. The number of esters is 1. The number of methoxy groups -OCH3 is 2. The molecular weight excluding hydrogens is 423 g/mol. The molecule has 1 heterocycles. The minimum atomic E-state index is -0.705. The van der Waals surface area contributed by atoms with Gasteiger partial charge in [-0.3, -0.25) is 9.59 Å². The van der Waals surface area contributed by atoms with Crippen LogP contribution in [0.5, 0.6) is 5.75 Å². The zero-order valence-electron chi connectivity index (χ0n) is 16.9. The van der Waals surface area contributed by atoms with Crippen LogP contribution in [0.2, 0.25) is 0 Å². The van der Waals surface area contributed by atoms with Crippen molar-refractivity contribution in [1.82, 2.24) is 0 Å². The highest BCUT2D eigenvalue weighted by Crippen LogP contribution is 2.34. The molecule has 0 unspecified atom stereocenters. The zero-order valence-corrected chi connectivity index (χ0v) is 17.8. The Hall–Kier alpha value is -3.72. The Morgan fingerprint density at radius 1 is 0.968 bits per heavy atom. The molecule has 0 aliphatic carbocycles. The average Bonchev–Trinajstić information content (AvgIpc) is 3.09. The summed E-state index contributed by atoms with van der Waals surface area (Å²) in [5, 5.41) is 5.45. The van der Waals surface area contributed by atoms with Crippen molar-refractivity contribution in [3.8, 4) is 5.75 Å². The lowest BCUT2D eigenvalue weighted by Crippen LogP contribution is -2.14. The number of ether oxygens (including phenoxy) is 2. The highest BCUT2D eigenvalue weighted by Gasteiger charge is 2.26. The van der Waals surface area contributed by atoms with E-state index in [1.54, 1.807) is 31.2 Å². The van der Waals surface area contributed by atoms with Crippen molar-refractivity contribution in [3.05, 3.63) is 75.9 Å². The molecule has 0 atom stereocenters. The number of rotatable bonds is 6. The second-order valence-electron chi connectivity index (χ2n) is 6.40.